The van der Waals surface area contributed by atoms with E-state index in [9.17, 15) is 9.59 Å². The Balaban J connectivity index is 1.38. The van der Waals surface area contributed by atoms with Crippen LogP contribution in [0.1, 0.15) is 25.0 Å². The van der Waals surface area contributed by atoms with E-state index in [0.717, 1.165) is 24.8 Å². The van der Waals surface area contributed by atoms with Crippen molar-refractivity contribution in [2.45, 2.75) is 25.9 Å². The van der Waals surface area contributed by atoms with Gasteiger partial charge in [-0.2, -0.15) is 9.50 Å². The molecule has 162 valence electrons. The number of fused-ring (bicyclic) bond motifs is 1. The van der Waals surface area contributed by atoms with Crippen molar-refractivity contribution in [3.05, 3.63) is 75.7 Å². The SMILES string of the molecule is O=C(Nc1c(Cl)cccc1OCc1cc(=O)n2nc(-c3ccccc3)nc2[nH]1)C1CCC1. The number of carbonyl (C=O) groups is 1. The van der Waals surface area contributed by atoms with Crippen molar-refractivity contribution in [2.24, 2.45) is 5.92 Å². The summed E-state index contributed by atoms with van der Waals surface area (Å²) in [5, 5.41) is 7.56. The van der Waals surface area contributed by atoms with Gasteiger partial charge in [0.15, 0.2) is 5.82 Å². The van der Waals surface area contributed by atoms with Gasteiger partial charge in [0.05, 0.1) is 10.7 Å². The number of benzene rings is 2. The molecule has 4 aromatic rings. The lowest BCUT2D eigenvalue weighted by atomic mass is 9.85. The summed E-state index contributed by atoms with van der Waals surface area (Å²) in [6, 6.07) is 16.0. The molecule has 2 N–H and O–H groups in total. The first-order valence-corrected chi connectivity index (χ1v) is 10.7. The van der Waals surface area contributed by atoms with Gasteiger partial charge in [0.2, 0.25) is 11.7 Å². The van der Waals surface area contributed by atoms with E-state index in [1.165, 1.54) is 10.6 Å². The Morgan fingerprint density at radius 3 is 2.75 bits per heavy atom. The molecular formula is C23H20ClN5O3. The summed E-state index contributed by atoms with van der Waals surface area (Å²) in [5.41, 5.74) is 1.44. The molecule has 0 aliphatic heterocycles. The lowest BCUT2D eigenvalue weighted by Gasteiger charge is -2.25. The van der Waals surface area contributed by atoms with Gasteiger partial charge in [0.25, 0.3) is 5.56 Å². The third kappa shape index (κ3) is 3.97. The number of hydrogen-bond acceptors (Lipinski definition) is 5. The number of nitrogens with zero attached hydrogens (tertiary/aromatic N) is 3. The summed E-state index contributed by atoms with van der Waals surface area (Å²) in [6.45, 7) is 0.0614. The summed E-state index contributed by atoms with van der Waals surface area (Å²) in [7, 11) is 0. The highest BCUT2D eigenvalue weighted by molar-refractivity contribution is 6.34. The van der Waals surface area contributed by atoms with Gasteiger partial charge in [0.1, 0.15) is 18.0 Å². The molecule has 2 heterocycles. The summed E-state index contributed by atoms with van der Waals surface area (Å²) in [4.78, 5) is 32.4. The van der Waals surface area contributed by atoms with Crippen LogP contribution in [0.2, 0.25) is 5.02 Å². The molecule has 1 saturated carbocycles. The molecule has 8 nitrogen and oxygen atoms in total. The fraction of sp³-hybridized carbons (Fsp3) is 0.217. The van der Waals surface area contributed by atoms with Crippen LogP contribution < -0.4 is 15.6 Å². The third-order valence-electron chi connectivity index (χ3n) is 5.50. The summed E-state index contributed by atoms with van der Waals surface area (Å²) < 4.78 is 7.12. The zero-order valence-corrected chi connectivity index (χ0v) is 17.8. The van der Waals surface area contributed by atoms with Gasteiger partial charge in [-0.05, 0) is 25.0 Å². The Kier molecular flexibility index (Phi) is 5.36. The summed E-state index contributed by atoms with van der Waals surface area (Å²) in [6.07, 6.45) is 2.84. The topological polar surface area (TPSA) is 101 Å². The predicted octanol–water partition coefficient (Wildman–Crippen LogP) is 4.06. The Labute approximate surface area is 188 Å². The first-order chi connectivity index (χ1) is 15.6. The molecular weight excluding hydrogens is 430 g/mol. The lowest BCUT2D eigenvalue weighted by Crippen LogP contribution is -2.28. The van der Waals surface area contributed by atoms with E-state index < -0.39 is 0 Å². The van der Waals surface area contributed by atoms with E-state index in [1.807, 2.05) is 30.3 Å². The number of para-hydroxylation sites is 1. The first kappa shape index (κ1) is 20.3. The minimum absolute atomic E-state index is 0.0182. The van der Waals surface area contributed by atoms with Crippen LogP contribution in [-0.4, -0.2) is 25.5 Å². The fourth-order valence-corrected chi connectivity index (χ4v) is 3.73. The molecule has 2 aromatic heterocycles. The molecule has 0 saturated heterocycles. The fourth-order valence-electron chi connectivity index (χ4n) is 3.52. The molecule has 1 aliphatic carbocycles. The maximum Gasteiger partial charge on any atom is 0.276 e. The first-order valence-electron chi connectivity index (χ1n) is 10.3. The zero-order valence-electron chi connectivity index (χ0n) is 17.0. The highest BCUT2D eigenvalue weighted by Gasteiger charge is 2.26. The average molecular weight is 450 g/mol. The van der Waals surface area contributed by atoms with Crippen molar-refractivity contribution in [2.75, 3.05) is 5.32 Å². The average Bonchev–Trinajstić information content (AvgIpc) is 3.18. The number of anilines is 1. The Hall–Kier alpha value is -3.65. The van der Waals surface area contributed by atoms with Gasteiger partial charge in [-0.3, -0.25) is 9.59 Å². The second-order valence-corrected chi connectivity index (χ2v) is 8.10. The quantitative estimate of drug-likeness (QED) is 0.462. The van der Waals surface area contributed by atoms with E-state index in [2.05, 4.69) is 20.4 Å². The van der Waals surface area contributed by atoms with Crippen LogP contribution in [0.15, 0.2) is 59.4 Å². The Bertz CT molecular complexity index is 1350. The molecule has 1 fully saturated rings. The van der Waals surface area contributed by atoms with Crippen molar-refractivity contribution in [3.63, 3.8) is 0 Å². The summed E-state index contributed by atoms with van der Waals surface area (Å²) >= 11 is 6.31. The molecule has 1 aliphatic rings. The summed E-state index contributed by atoms with van der Waals surface area (Å²) in [5.74, 6) is 1.16. The highest BCUT2D eigenvalue weighted by Crippen LogP contribution is 2.35. The third-order valence-corrected chi connectivity index (χ3v) is 5.82. The molecule has 0 bridgehead atoms. The molecule has 0 atom stereocenters. The Morgan fingerprint density at radius 1 is 1.19 bits per heavy atom. The number of aromatic nitrogens is 4. The van der Waals surface area contributed by atoms with Crippen LogP contribution in [-0.2, 0) is 11.4 Å². The smallest absolute Gasteiger partial charge is 0.276 e. The van der Waals surface area contributed by atoms with E-state index in [0.29, 0.717) is 33.8 Å². The number of amides is 1. The van der Waals surface area contributed by atoms with Crippen LogP contribution in [0.5, 0.6) is 5.75 Å². The van der Waals surface area contributed by atoms with E-state index >= 15 is 0 Å². The van der Waals surface area contributed by atoms with Crippen molar-refractivity contribution < 1.29 is 9.53 Å². The maximum atomic E-state index is 12.5. The van der Waals surface area contributed by atoms with Crippen molar-refractivity contribution in [1.29, 1.82) is 0 Å². The number of carbonyl (C=O) groups excluding carboxylic acids is 1. The number of nitrogens with one attached hydrogen (secondary N) is 2. The van der Waals surface area contributed by atoms with Crippen LogP contribution >= 0.6 is 11.6 Å². The highest BCUT2D eigenvalue weighted by atomic mass is 35.5. The van der Waals surface area contributed by atoms with E-state index in [4.69, 9.17) is 16.3 Å². The van der Waals surface area contributed by atoms with Crippen LogP contribution in [0.3, 0.4) is 0 Å². The standard InChI is InChI=1S/C23H20ClN5O3/c24-17-10-5-11-18(20(17)26-22(31)15-8-4-9-15)32-13-16-12-19(30)29-23(25-16)27-21(28-29)14-6-2-1-3-7-14/h1-3,5-7,10-12,15H,4,8-9,13H2,(H,26,31)(H,25,27,28). The molecule has 5 rings (SSSR count). The van der Waals surface area contributed by atoms with Gasteiger partial charge in [-0.25, -0.2) is 0 Å². The van der Waals surface area contributed by atoms with Gasteiger partial charge in [0, 0.05) is 17.5 Å². The van der Waals surface area contributed by atoms with Gasteiger partial charge < -0.3 is 15.0 Å². The number of H-pyrrole nitrogens is 1. The monoisotopic (exact) mass is 449 g/mol. The minimum atomic E-state index is -0.323. The normalized spacial score (nSPS) is 13.7. The Morgan fingerprint density at radius 2 is 2.00 bits per heavy atom. The molecule has 0 spiro atoms. The van der Waals surface area contributed by atoms with Crippen LogP contribution in [0.25, 0.3) is 17.2 Å². The van der Waals surface area contributed by atoms with E-state index in [1.54, 1.807) is 18.2 Å². The van der Waals surface area contributed by atoms with Crippen LogP contribution in [0.4, 0.5) is 5.69 Å². The van der Waals surface area contributed by atoms with Crippen LogP contribution in [0, 0.1) is 5.92 Å². The van der Waals surface area contributed by atoms with Gasteiger partial charge >= 0.3 is 0 Å². The van der Waals surface area contributed by atoms with Crippen molar-refractivity contribution in [3.8, 4) is 17.1 Å². The van der Waals surface area contributed by atoms with Gasteiger partial charge in [-0.1, -0.05) is 54.4 Å². The van der Waals surface area contributed by atoms with E-state index in [-0.39, 0.29) is 24.0 Å². The maximum absolute atomic E-state index is 12.5. The molecule has 9 heteroatoms. The van der Waals surface area contributed by atoms with Gasteiger partial charge in [-0.15, -0.1) is 5.10 Å². The van der Waals surface area contributed by atoms with Crippen molar-refractivity contribution >= 4 is 29.0 Å². The minimum Gasteiger partial charge on any atom is -0.485 e. The molecule has 2 aromatic carbocycles. The molecule has 0 radical (unpaired) electrons. The predicted molar refractivity (Wildman–Crippen MR) is 121 cm³/mol. The number of hydrogen-bond donors (Lipinski definition) is 2. The zero-order chi connectivity index (χ0) is 22.1. The second kappa shape index (κ2) is 8.47. The second-order valence-electron chi connectivity index (χ2n) is 7.69. The molecule has 32 heavy (non-hydrogen) atoms. The lowest BCUT2D eigenvalue weighted by molar-refractivity contribution is -0.122. The number of halogens is 1. The number of rotatable bonds is 6. The molecule has 0 unspecified atom stereocenters. The number of aromatic amines is 1. The number of ether oxygens (including phenoxy) is 1. The largest absolute Gasteiger partial charge is 0.485 e. The van der Waals surface area contributed by atoms with Crippen molar-refractivity contribution in [1.82, 2.24) is 19.6 Å². The molecule has 1 amide bonds.